The molecule has 6 heteroatoms. The number of benzene rings is 1. The fraction of sp³-hybridized carbons (Fsp3) is 0.412. The minimum Gasteiger partial charge on any atom is -0.508 e. The Kier molecular flexibility index (Phi) is 4.10. The smallest absolute Gasteiger partial charge is 0.257 e. The van der Waals surface area contributed by atoms with Gasteiger partial charge in [0, 0.05) is 24.4 Å². The predicted molar refractivity (Wildman–Crippen MR) is 88.9 cm³/mol. The Bertz CT molecular complexity index is 711. The third kappa shape index (κ3) is 2.95. The molecule has 1 fully saturated rings. The van der Waals surface area contributed by atoms with Gasteiger partial charge < -0.3 is 15.1 Å². The number of hydrogen-bond acceptors (Lipinski definition) is 5. The van der Waals surface area contributed by atoms with Crippen LogP contribution in [0.5, 0.6) is 11.5 Å². The molecule has 0 spiro atoms. The van der Waals surface area contributed by atoms with Crippen molar-refractivity contribution >= 4 is 22.8 Å². The van der Waals surface area contributed by atoms with Gasteiger partial charge in [-0.15, -0.1) is 0 Å². The van der Waals surface area contributed by atoms with Gasteiger partial charge in [-0.3, -0.25) is 9.59 Å². The first kappa shape index (κ1) is 15.9. The number of aromatic hydroxyl groups is 2. The van der Waals surface area contributed by atoms with Gasteiger partial charge in [-0.05, 0) is 35.6 Å². The quantitative estimate of drug-likeness (QED) is 0.870. The van der Waals surface area contributed by atoms with E-state index in [9.17, 15) is 19.8 Å². The molecule has 0 radical (unpaired) electrons. The molecule has 2 aliphatic rings. The second-order valence-corrected chi connectivity index (χ2v) is 7.45. The van der Waals surface area contributed by atoms with Crippen LogP contribution >= 0.6 is 11.8 Å². The van der Waals surface area contributed by atoms with E-state index >= 15 is 0 Å². The molecule has 2 heterocycles. The summed E-state index contributed by atoms with van der Waals surface area (Å²) in [4.78, 5) is 25.9. The van der Waals surface area contributed by atoms with E-state index < -0.39 is 0 Å². The average Bonchev–Trinajstić information content (AvgIpc) is 2.85. The largest absolute Gasteiger partial charge is 0.508 e. The van der Waals surface area contributed by atoms with Gasteiger partial charge in [0.2, 0.25) is 5.12 Å². The van der Waals surface area contributed by atoms with Gasteiger partial charge in [0.15, 0.2) is 0 Å². The lowest BCUT2D eigenvalue weighted by atomic mass is 9.97. The number of hydrogen-bond donors (Lipinski definition) is 2. The number of carbonyl (C=O) groups is 2. The molecule has 3 rings (SSSR count). The van der Waals surface area contributed by atoms with E-state index in [4.69, 9.17) is 0 Å². The fourth-order valence-corrected chi connectivity index (χ4v) is 4.05. The molecule has 5 nitrogen and oxygen atoms in total. The van der Waals surface area contributed by atoms with Crippen LogP contribution in [0.4, 0.5) is 0 Å². The minimum absolute atomic E-state index is 0.00624. The van der Waals surface area contributed by atoms with Crippen LogP contribution in [0.25, 0.3) is 0 Å². The molecule has 0 bridgehead atoms. The molecule has 0 aromatic heterocycles. The van der Waals surface area contributed by atoms with Crippen molar-refractivity contribution in [2.24, 2.45) is 0 Å². The monoisotopic (exact) mass is 333 g/mol. The maximum atomic E-state index is 12.7. The van der Waals surface area contributed by atoms with Gasteiger partial charge in [0.05, 0.1) is 5.56 Å². The Balaban J connectivity index is 1.87. The van der Waals surface area contributed by atoms with Crippen LogP contribution in [-0.4, -0.2) is 44.5 Å². The lowest BCUT2D eigenvalue weighted by molar-refractivity contribution is -0.106. The molecule has 2 aliphatic heterocycles. The summed E-state index contributed by atoms with van der Waals surface area (Å²) in [6, 6.07) is 2.79. The number of likely N-dealkylation sites (tertiary alicyclic amines) is 1. The van der Waals surface area contributed by atoms with E-state index in [1.807, 2.05) is 13.8 Å². The third-order valence-corrected chi connectivity index (χ3v) is 5.47. The van der Waals surface area contributed by atoms with Crippen LogP contribution < -0.4 is 0 Å². The highest BCUT2D eigenvalue weighted by atomic mass is 32.2. The summed E-state index contributed by atoms with van der Waals surface area (Å²) in [5.41, 5.74) is 1.80. The number of phenolic OH excluding ortho intramolecular Hbond substituents is 2. The van der Waals surface area contributed by atoms with Crippen LogP contribution in [0, 0.1) is 0 Å². The number of amides is 1. The number of piperidine rings is 1. The van der Waals surface area contributed by atoms with Gasteiger partial charge in [-0.2, -0.15) is 0 Å². The highest BCUT2D eigenvalue weighted by Gasteiger charge is 2.33. The molecule has 1 aromatic carbocycles. The Morgan fingerprint density at radius 1 is 1.30 bits per heavy atom. The first-order chi connectivity index (χ1) is 10.9. The second-order valence-electron chi connectivity index (χ2n) is 6.24. The van der Waals surface area contributed by atoms with E-state index in [0.717, 1.165) is 12.0 Å². The van der Waals surface area contributed by atoms with E-state index in [-0.39, 0.29) is 39.3 Å². The SMILES string of the molecule is CC(C)c1cc(C(=O)N2CCC3SC(=O)C=C3C2)c(O)cc1O. The molecular weight excluding hydrogens is 314 g/mol. The molecule has 1 unspecified atom stereocenters. The summed E-state index contributed by atoms with van der Waals surface area (Å²) >= 11 is 1.32. The Morgan fingerprint density at radius 2 is 2.04 bits per heavy atom. The summed E-state index contributed by atoms with van der Waals surface area (Å²) in [5, 5.41) is 20.2. The topological polar surface area (TPSA) is 77.8 Å². The molecule has 1 atom stereocenters. The zero-order chi connectivity index (χ0) is 16.7. The number of rotatable bonds is 2. The summed E-state index contributed by atoms with van der Waals surface area (Å²) in [6.45, 7) is 4.80. The lowest BCUT2D eigenvalue weighted by Crippen LogP contribution is -2.40. The maximum Gasteiger partial charge on any atom is 0.257 e. The van der Waals surface area contributed by atoms with Crippen LogP contribution in [-0.2, 0) is 4.79 Å². The average molecular weight is 333 g/mol. The molecule has 1 saturated heterocycles. The zero-order valence-electron chi connectivity index (χ0n) is 13.1. The van der Waals surface area contributed by atoms with Crippen LogP contribution in [0.1, 0.15) is 42.1 Å². The molecule has 1 aromatic rings. The van der Waals surface area contributed by atoms with Crippen molar-refractivity contribution in [3.8, 4) is 11.5 Å². The first-order valence-electron chi connectivity index (χ1n) is 7.63. The highest BCUT2D eigenvalue weighted by Crippen LogP contribution is 2.37. The van der Waals surface area contributed by atoms with Crippen molar-refractivity contribution in [3.63, 3.8) is 0 Å². The van der Waals surface area contributed by atoms with E-state index in [0.29, 0.717) is 18.7 Å². The van der Waals surface area contributed by atoms with E-state index in [2.05, 4.69) is 0 Å². The van der Waals surface area contributed by atoms with Crippen molar-refractivity contribution in [3.05, 3.63) is 34.9 Å². The van der Waals surface area contributed by atoms with Crippen LogP contribution in [0.15, 0.2) is 23.8 Å². The van der Waals surface area contributed by atoms with Crippen LogP contribution in [0.2, 0.25) is 0 Å². The molecule has 1 amide bonds. The maximum absolute atomic E-state index is 12.7. The fourth-order valence-electron chi connectivity index (χ4n) is 3.03. The Hall–Kier alpha value is -1.95. The van der Waals surface area contributed by atoms with Crippen molar-refractivity contribution in [1.29, 1.82) is 0 Å². The minimum atomic E-state index is -0.270. The predicted octanol–water partition coefficient (Wildman–Crippen LogP) is 2.64. The summed E-state index contributed by atoms with van der Waals surface area (Å²) < 4.78 is 0. The van der Waals surface area contributed by atoms with Crippen molar-refractivity contribution in [1.82, 2.24) is 4.90 Å². The highest BCUT2D eigenvalue weighted by molar-refractivity contribution is 8.15. The number of thioether (sulfide) groups is 1. The van der Waals surface area contributed by atoms with Crippen molar-refractivity contribution < 1.29 is 19.8 Å². The van der Waals surface area contributed by atoms with Gasteiger partial charge in [-0.25, -0.2) is 0 Å². The number of phenols is 2. The molecular formula is C17H19NO4S. The van der Waals surface area contributed by atoms with E-state index in [1.165, 1.54) is 17.8 Å². The van der Waals surface area contributed by atoms with Crippen molar-refractivity contribution in [2.45, 2.75) is 31.4 Å². The molecule has 0 aliphatic carbocycles. The summed E-state index contributed by atoms with van der Waals surface area (Å²) in [6.07, 6.45) is 2.36. The lowest BCUT2D eigenvalue weighted by Gasteiger charge is -2.31. The second kappa shape index (κ2) is 5.92. The van der Waals surface area contributed by atoms with Crippen molar-refractivity contribution in [2.75, 3.05) is 13.1 Å². The molecule has 2 N–H and O–H groups in total. The molecule has 23 heavy (non-hydrogen) atoms. The number of nitrogens with zero attached hydrogens (tertiary/aromatic N) is 1. The zero-order valence-corrected chi connectivity index (χ0v) is 13.9. The van der Waals surface area contributed by atoms with Gasteiger partial charge in [0.1, 0.15) is 11.5 Å². The third-order valence-electron chi connectivity index (χ3n) is 4.29. The molecule has 122 valence electrons. The van der Waals surface area contributed by atoms with Gasteiger partial charge in [-0.1, -0.05) is 25.6 Å². The normalized spacial score (nSPS) is 20.7. The summed E-state index contributed by atoms with van der Waals surface area (Å²) in [5.74, 6) is -0.453. The number of fused-ring (bicyclic) bond motifs is 1. The van der Waals surface area contributed by atoms with Gasteiger partial charge >= 0.3 is 0 Å². The first-order valence-corrected chi connectivity index (χ1v) is 8.51. The molecule has 0 saturated carbocycles. The Morgan fingerprint density at radius 3 is 2.74 bits per heavy atom. The standard InChI is InChI=1S/C17H19NO4S/c1-9(2)11-6-12(14(20)7-13(11)19)17(22)18-4-3-15-10(8-18)5-16(21)23-15/h5-7,9,15,19-20H,3-4,8H2,1-2H3. The Labute approximate surface area is 139 Å². The van der Waals surface area contributed by atoms with E-state index in [1.54, 1.807) is 17.0 Å². The number of carbonyl (C=O) groups excluding carboxylic acids is 2. The van der Waals surface area contributed by atoms with Gasteiger partial charge in [0.25, 0.3) is 5.91 Å². The van der Waals surface area contributed by atoms with Crippen LogP contribution in [0.3, 0.4) is 0 Å². The summed E-state index contributed by atoms with van der Waals surface area (Å²) in [7, 11) is 0.